The molecule has 0 atom stereocenters. The fourth-order valence-corrected chi connectivity index (χ4v) is 2.64. The molecule has 1 aromatic heterocycles. The Morgan fingerprint density at radius 2 is 1.43 bits per heavy atom. The van der Waals surface area contributed by atoms with Crippen molar-refractivity contribution in [3.05, 3.63) is 5.28 Å². The van der Waals surface area contributed by atoms with E-state index in [9.17, 15) is 9.59 Å². The second-order valence-electron chi connectivity index (χ2n) is 5.08. The molecule has 3 heterocycles. The van der Waals surface area contributed by atoms with E-state index in [1.54, 1.807) is 0 Å². The van der Waals surface area contributed by atoms with Crippen molar-refractivity contribution in [2.75, 3.05) is 36.0 Å². The number of hydrogen-bond acceptors (Lipinski definition) is 7. The molecule has 2 saturated heterocycles. The molecular weight excluding hydrogens is 296 g/mol. The van der Waals surface area contributed by atoms with Gasteiger partial charge in [0.1, 0.15) is 13.1 Å². The molecule has 1 aromatic rings. The first-order chi connectivity index (χ1) is 10.1. The first-order valence-electron chi connectivity index (χ1n) is 6.86. The second-order valence-corrected chi connectivity index (χ2v) is 5.42. The van der Waals surface area contributed by atoms with Crippen LogP contribution in [0.3, 0.4) is 0 Å². The molecule has 0 aliphatic carbocycles. The first kappa shape index (κ1) is 14.0. The third-order valence-electron chi connectivity index (χ3n) is 3.45. The van der Waals surface area contributed by atoms with Gasteiger partial charge in [-0.2, -0.15) is 15.0 Å². The molecule has 2 fully saturated rings. The van der Waals surface area contributed by atoms with Crippen LogP contribution in [0.4, 0.5) is 11.9 Å². The van der Waals surface area contributed by atoms with Crippen LogP contribution >= 0.6 is 11.6 Å². The standard InChI is InChI=1S/C12H15ClN6O2/c13-10-15-11(18-4-2-1-3-5-18)17-12(16-10)19-6-8(20)14-9(21)7-19/h1-7H2,(H,14,20,21). The maximum atomic E-state index is 11.4. The molecule has 0 radical (unpaired) electrons. The zero-order valence-corrected chi connectivity index (χ0v) is 12.1. The van der Waals surface area contributed by atoms with Crippen LogP contribution < -0.4 is 15.1 Å². The quantitative estimate of drug-likeness (QED) is 0.767. The van der Waals surface area contributed by atoms with E-state index in [0.717, 1.165) is 25.9 Å². The van der Waals surface area contributed by atoms with E-state index in [1.807, 2.05) is 4.90 Å². The average Bonchev–Trinajstić information content (AvgIpc) is 2.46. The third kappa shape index (κ3) is 3.21. The Hall–Kier alpha value is -1.96. The van der Waals surface area contributed by atoms with E-state index >= 15 is 0 Å². The van der Waals surface area contributed by atoms with E-state index in [4.69, 9.17) is 11.6 Å². The van der Waals surface area contributed by atoms with Crippen LogP contribution in [0, 0.1) is 0 Å². The third-order valence-corrected chi connectivity index (χ3v) is 3.62. The van der Waals surface area contributed by atoms with Gasteiger partial charge in [0.25, 0.3) is 0 Å². The smallest absolute Gasteiger partial charge is 0.246 e. The Labute approximate surface area is 126 Å². The number of halogens is 1. The number of piperazine rings is 1. The van der Waals surface area contributed by atoms with Crippen molar-refractivity contribution in [2.24, 2.45) is 0 Å². The van der Waals surface area contributed by atoms with Crippen LogP contribution in [-0.2, 0) is 9.59 Å². The molecule has 9 heteroatoms. The molecule has 2 aliphatic heterocycles. The van der Waals surface area contributed by atoms with Crippen LogP contribution in [0.5, 0.6) is 0 Å². The number of piperidine rings is 1. The number of aromatic nitrogens is 3. The molecule has 0 spiro atoms. The minimum Gasteiger partial charge on any atom is -0.341 e. The molecule has 0 unspecified atom stereocenters. The molecule has 0 saturated carbocycles. The highest BCUT2D eigenvalue weighted by Crippen LogP contribution is 2.20. The van der Waals surface area contributed by atoms with Crippen molar-refractivity contribution in [3.63, 3.8) is 0 Å². The minimum atomic E-state index is -0.373. The summed E-state index contributed by atoms with van der Waals surface area (Å²) in [4.78, 5) is 39.0. The summed E-state index contributed by atoms with van der Waals surface area (Å²) in [5.74, 6) is 0.0199. The maximum Gasteiger partial charge on any atom is 0.246 e. The number of nitrogens with zero attached hydrogens (tertiary/aromatic N) is 5. The summed E-state index contributed by atoms with van der Waals surface area (Å²) < 4.78 is 0. The van der Waals surface area contributed by atoms with Gasteiger partial charge in [0.2, 0.25) is 29.0 Å². The number of hydrogen-bond donors (Lipinski definition) is 1. The van der Waals surface area contributed by atoms with Crippen molar-refractivity contribution in [3.8, 4) is 0 Å². The molecule has 1 N–H and O–H groups in total. The molecule has 0 aromatic carbocycles. The first-order valence-corrected chi connectivity index (χ1v) is 7.24. The van der Waals surface area contributed by atoms with Crippen molar-refractivity contribution in [2.45, 2.75) is 19.3 Å². The van der Waals surface area contributed by atoms with Crippen molar-refractivity contribution >= 4 is 35.3 Å². The number of carbonyl (C=O) groups is 2. The van der Waals surface area contributed by atoms with Crippen LogP contribution in [0.15, 0.2) is 0 Å². The summed E-state index contributed by atoms with van der Waals surface area (Å²) in [7, 11) is 0. The molecular formula is C12H15ClN6O2. The lowest BCUT2D eigenvalue weighted by Gasteiger charge is -2.29. The van der Waals surface area contributed by atoms with Gasteiger partial charge in [-0.15, -0.1) is 0 Å². The van der Waals surface area contributed by atoms with Gasteiger partial charge in [-0.05, 0) is 30.9 Å². The van der Waals surface area contributed by atoms with Gasteiger partial charge < -0.3 is 9.80 Å². The Bertz CT molecular complexity index is 559. The molecule has 21 heavy (non-hydrogen) atoms. The Kier molecular flexibility index (Phi) is 3.87. The highest BCUT2D eigenvalue weighted by molar-refractivity contribution is 6.28. The van der Waals surface area contributed by atoms with Crippen LogP contribution in [0.2, 0.25) is 5.28 Å². The molecule has 8 nitrogen and oxygen atoms in total. The lowest BCUT2D eigenvalue weighted by Crippen LogP contribution is -2.52. The normalized spacial score (nSPS) is 19.7. The predicted octanol–water partition coefficient (Wildman–Crippen LogP) is -0.0219. The van der Waals surface area contributed by atoms with Gasteiger partial charge in [-0.1, -0.05) is 0 Å². The summed E-state index contributed by atoms with van der Waals surface area (Å²) in [6, 6.07) is 0. The molecule has 112 valence electrons. The minimum absolute atomic E-state index is 0.0333. The summed E-state index contributed by atoms with van der Waals surface area (Å²) in [6.07, 6.45) is 3.37. The van der Waals surface area contributed by atoms with Crippen molar-refractivity contribution < 1.29 is 9.59 Å². The monoisotopic (exact) mass is 310 g/mol. The van der Waals surface area contributed by atoms with Crippen molar-refractivity contribution in [1.29, 1.82) is 0 Å². The zero-order chi connectivity index (χ0) is 14.8. The van der Waals surface area contributed by atoms with Crippen molar-refractivity contribution in [1.82, 2.24) is 20.3 Å². The summed E-state index contributed by atoms with van der Waals surface area (Å²) in [6.45, 7) is 1.81. The maximum absolute atomic E-state index is 11.4. The Morgan fingerprint density at radius 1 is 0.857 bits per heavy atom. The summed E-state index contributed by atoms with van der Waals surface area (Å²) >= 11 is 5.96. The lowest BCUT2D eigenvalue weighted by molar-refractivity contribution is -0.130. The van der Waals surface area contributed by atoms with Gasteiger partial charge in [-0.25, -0.2) is 0 Å². The number of amides is 2. The number of carbonyl (C=O) groups excluding carboxylic acids is 2. The van der Waals surface area contributed by atoms with Gasteiger partial charge in [0.15, 0.2) is 0 Å². The fourth-order valence-electron chi connectivity index (χ4n) is 2.48. The predicted molar refractivity (Wildman–Crippen MR) is 76.3 cm³/mol. The van der Waals surface area contributed by atoms with E-state index in [-0.39, 0.29) is 36.1 Å². The molecule has 3 rings (SSSR count). The number of nitrogens with one attached hydrogen (secondary N) is 1. The molecule has 2 amide bonds. The second kappa shape index (κ2) is 5.80. The van der Waals surface area contributed by atoms with Crippen LogP contribution in [0.25, 0.3) is 0 Å². The van der Waals surface area contributed by atoms with Gasteiger partial charge in [0, 0.05) is 13.1 Å². The molecule has 2 aliphatic rings. The Balaban J connectivity index is 1.86. The average molecular weight is 311 g/mol. The summed E-state index contributed by atoms with van der Waals surface area (Å²) in [5.41, 5.74) is 0. The van der Waals surface area contributed by atoms with Gasteiger partial charge in [0.05, 0.1) is 0 Å². The zero-order valence-electron chi connectivity index (χ0n) is 11.4. The highest BCUT2D eigenvalue weighted by atomic mass is 35.5. The Morgan fingerprint density at radius 3 is 2.05 bits per heavy atom. The fraction of sp³-hybridized carbons (Fsp3) is 0.583. The van der Waals surface area contributed by atoms with E-state index in [2.05, 4.69) is 20.3 Å². The number of anilines is 2. The van der Waals surface area contributed by atoms with E-state index in [1.165, 1.54) is 11.3 Å². The number of imide groups is 1. The number of rotatable bonds is 2. The topological polar surface area (TPSA) is 91.3 Å². The largest absolute Gasteiger partial charge is 0.341 e. The van der Waals surface area contributed by atoms with E-state index in [0.29, 0.717) is 5.95 Å². The highest BCUT2D eigenvalue weighted by Gasteiger charge is 2.26. The lowest BCUT2D eigenvalue weighted by atomic mass is 10.1. The van der Waals surface area contributed by atoms with Gasteiger partial charge >= 0.3 is 0 Å². The molecule has 0 bridgehead atoms. The van der Waals surface area contributed by atoms with Crippen LogP contribution in [-0.4, -0.2) is 52.9 Å². The van der Waals surface area contributed by atoms with E-state index < -0.39 is 0 Å². The SMILES string of the molecule is O=C1CN(c2nc(Cl)nc(N3CCCCC3)n2)CC(=O)N1. The van der Waals surface area contributed by atoms with Gasteiger partial charge in [-0.3, -0.25) is 14.9 Å². The summed E-state index contributed by atoms with van der Waals surface area (Å²) in [5, 5.41) is 2.31. The van der Waals surface area contributed by atoms with Crippen LogP contribution in [0.1, 0.15) is 19.3 Å².